The van der Waals surface area contributed by atoms with E-state index in [2.05, 4.69) is 29.1 Å². The molecule has 1 aliphatic heterocycles. The molecule has 0 bridgehead atoms. The van der Waals surface area contributed by atoms with Gasteiger partial charge in [0.25, 0.3) is 0 Å². The number of nitrogens with one attached hydrogen (secondary N) is 1. The zero-order valence-corrected chi connectivity index (χ0v) is 11.9. The Bertz CT molecular complexity index is 312. The number of rotatable bonds is 7. The van der Waals surface area contributed by atoms with Crippen LogP contribution in [0.15, 0.2) is 11.9 Å². The first-order chi connectivity index (χ1) is 9.02. The van der Waals surface area contributed by atoms with E-state index in [4.69, 9.17) is 10.8 Å². The molecule has 0 aromatic rings. The van der Waals surface area contributed by atoms with Crippen molar-refractivity contribution < 1.29 is 9.90 Å². The number of hydrogen-bond acceptors (Lipinski definition) is 5. The van der Waals surface area contributed by atoms with Crippen LogP contribution >= 0.6 is 0 Å². The molecule has 4 N–H and O–H groups in total. The normalized spacial score (nSPS) is 20.2. The Labute approximate surface area is 115 Å². The molecule has 0 aromatic carbocycles. The van der Waals surface area contributed by atoms with Crippen molar-refractivity contribution in [3.8, 4) is 0 Å². The number of nitrogens with two attached hydrogens (primary N) is 1. The average Bonchev–Trinajstić information content (AvgIpc) is 2.39. The van der Waals surface area contributed by atoms with Crippen LogP contribution in [0.4, 0.5) is 0 Å². The van der Waals surface area contributed by atoms with Crippen LogP contribution in [0, 0.1) is 0 Å². The number of aliphatic carboxylic acids is 1. The summed E-state index contributed by atoms with van der Waals surface area (Å²) in [5.41, 5.74) is 5.74. The number of likely N-dealkylation sites (N-methyl/N-ethyl adjacent to an activating group) is 1. The van der Waals surface area contributed by atoms with Gasteiger partial charge in [-0.3, -0.25) is 9.69 Å². The van der Waals surface area contributed by atoms with Crippen LogP contribution in [0.1, 0.15) is 19.8 Å². The van der Waals surface area contributed by atoms with E-state index < -0.39 is 5.97 Å². The zero-order valence-electron chi connectivity index (χ0n) is 11.9. The second kappa shape index (κ2) is 8.01. The van der Waals surface area contributed by atoms with Gasteiger partial charge in [-0.15, -0.1) is 0 Å². The number of carboxylic acid groups (broad SMARTS) is 1. The Morgan fingerprint density at radius 1 is 1.42 bits per heavy atom. The van der Waals surface area contributed by atoms with Crippen molar-refractivity contribution in [2.45, 2.75) is 25.8 Å². The molecule has 6 nitrogen and oxygen atoms in total. The number of carbonyl (C=O) groups is 1. The van der Waals surface area contributed by atoms with Gasteiger partial charge in [-0.25, -0.2) is 0 Å². The van der Waals surface area contributed by atoms with Gasteiger partial charge >= 0.3 is 5.97 Å². The third-order valence-electron chi connectivity index (χ3n) is 3.56. The molecule has 1 fully saturated rings. The Hall–Kier alpha value is -1.27. The Kier molecular flexibility index (Phi) is 6.66. The SMILES string of the molecule is CCC(CN/C(N)=C\CC(=O)O)N1CCN(C)CC1. The van der Waals surface area contributed by atoms with Crippen LogP contribution in [0.2, 0.25) is 0 Å². The first-order valence-electron chi connectivity index (χ1n) is 6.86. The summed E-state index contributed by atoms with van der Waals surface area (Å²) >= 11 is 0. The lowest BCUT2D eigenvalue weighted by Gasteiger charge is -2.37. The van der Waals surface area contributed by atoms with Gasteiger partial charge < -0.3 is 21.1 Å². The smallest absolute Gasteiger partial charge is 0.307 e. The van der Waals surface area contributed by atoms with Gasteiger partial charge in [0, 0.05) is 38.8 Å². The lowest BCUT2D eigenvalue weighted by Crippen LogP contribution is -2.51. The molecule has 0 aliphatic carbocycles. The standard InChI is InChI=1S/C13H26N4O2/c1-3-11(17-8-6-16(2)7-9-17)10-15-12(14)4-5-13(18)19/h4,11,15H,3,5-10,14H2,1-2H3,(H,18,19)/b12-4-. The first-order valence-corrected chi connectivity index (χ1v) is 6.86. The fourth-order valence-corrected chi connectivity index (χ4v) is 2.22. The van der Waals surface area contributed by atoms with Crippen molar-refractivity contribution in [1.82, 2.24) is 15.1 Å². The second-order valence-corrected chi connectivity index (χ2v) is 5.04. The first kappa shape index (κ1) is 15.8. The maximum Gasteiger partial charge on any atom is 0.307 e. The molecule has 6 heteroatoms. The monoisotopic (exact) mass is 270 g/mol. The maximum atomic E-state index is 10.4. The van der Waals surface area contributed by atoms with Crippen LogP contribution in [-0.2, 0) is 4.79 Å². The summed E-state index contributed by atoms with van der Waals surface area (Å²) < 4.78 is 0. The van der Waals surface area contributed by atoms with Crippen molar-refractivity contribution >= 4 is 5.97 Å². The van der Waals surface area contributed by atoms with Crippen molar-refractivity contribution in [1.29, 1.82) is 0 Å². The molecular formula is C13H26N4O2. The van der Waals surface area contributed by atoms with E-state index in [1.807, 2.05) is 0 Å². The molecule has 1 rings (SSSR count). The molecule has 1 atom stereocenters. The van der Waals surface area contributed by atoms with Crippen LogP contribution < -0.4 is 11.1 Å². The molecule has 1 aliphatic rings. The van der Waals surface area contributed by atoms with E-state index in [1.54, 1.807) is 0 Å². The highest BCUT2D eigenvalue weighted by atomic mass is 16.4. The quantitative estimate of drug-likeness (QED) is 0.598. The van der Waals surface area contributed by atoms with Gasteiger partial charge in [-0.2, -0.15) is 0 Å². The average molecular weight is 270 g/mol. The fourth-order valence-electron chi connectivity index (χ4n) is 2.22. The lowest BCUT2D eigenvalue weighted by molar-refractivity contribution is -0.136. The number of nitrogens with zero attached hydrogens (tertiary/aromatic N) is 2. The summed E-state index contributed by atoms with van der Waals surface area (Å²) in [7, 11) is 2.14. The molecule has 19 heavy (non-hydrogen) atoms. The summed E-state index contributed by atoms with van der Waals surface area (Å²) in [4.78, 5) is 15.2. The minimum Gasteiger partial charge on any atom is -0.481 e. The zero-order chi connectivity index (χ0) is 14.3. The predicted molar refractivity (Wildman–Crippen MR) is 75.7 cm³/mol. The Morgan fingerprint density at radius 3 is 2.58 bits per heavy atom. The molecule has 1 heterocycles. The molecular weight excluding hydrogens is 244 g/mol. The van der Waals surface area contributed by atoms with Gasteiger partial charge in [0.15, 0.2) is 0 Å². The van der Waals surface area contributed by atoms with Crippen LogP contribution in [0.3, 0.4) is 0 Å². The molecule has 0 amide bonds. The van der Waals surface area contributed by atoms with Gasteiger partial charge in [0.05, 0.1) is 12.2 Å². The maximum absolute atomic E-state index is 10.4. The van der Waals surface area contributed by atoms with E-state index in [0.717, 1.165) is 39.1 Å². The third kappa shape index (κ3) is 5.94. The molecule has 1 unspecified atom stereocenters. The topological polar surface area (TPSA) is 81.8 Å². The summed E-state index contributed by atoms with van der Waals surface area (Å²) in [6.45, 7) is 7.29. The van der Waals surface area contributed by atoms with E-state index in [9.17, 15) is 4.79 Å². The van der Waals surface area contributed by atoms with Crippen molar-refractivity contribution in [3.05, 3.63) is 11.9 Å². The van der Waals surface area contributed by atoms with Crippen molar-refractivity contribution in [3.63, 3.8) is 0 Å². The van der Waals surface area contributed by atoms with E-state index in [1.165, 1.54) is 6.08 Å². The van der Waals surface area contributed by atoms with E-state index in [-0.39, 0.29) is 6.42 Å². The molecule has 0 saturated carbocycles. The second-order valence-electron chi connectivity index (χ2n) is 5.04. The largest absolute Gasteiger partial charge is 0.481 e. The van der Waals surface area contributed by atoms with Crippen molar-refractivity contribution in [2.24, 2.45) is 5.73 Å². The molecule has 0 radical (unpaired) electrons. The van der Waals surface area contributed by atoms with Crippen LogP contribution in [0.25, 0.3) is 0 Å². The van der Waals surface area contributed by atoms with Crippen LogP contribution in [0.5, 0.6) is 0 Å². The van der Waals surface area contributed by atoms with E-state index >= 15 is 0 Å². The molecule has 110 valence electrons. The van der Waals surface area contributed by atoms with E-state index in [0.29, 0.717) is 11.9 Å². The molecule has 0 aromatic heterocycles. The third-order valence-corrected chi connectivity index (χ3v) is 3.56. The number of carboxylic acids is 1. The fraction of sp³-hybridized carbons (Fsp3) is 0.769. The predicted octanol–water partition coefficient (Wildman–Crippen LogP) is -0.123. The highest BCUT2D eigenvalue weighted by Crippen LogP contribution is 2.07. The summed E-state index contributed by atoms with van der Waals surface area (Å²) in [6.07, 6.45) is 2.53. The van der Waals surface area contributed by atoms with Crippen molar-refractivity contribution in [2.75, 3.05) is 39.8 Å². The Balaban J connectivity index is 2.36. The minimum absolute atomic E-state index is 0.0376. The number of piperazine rings is 1. The van der Waals surface area contributed by atoms with Gasteiger partial charge in [-0.1, -0.05) is 6.92 Å². The van der Waals surface area contributed by atoms with Gasteiger partial charge in [-0.05, 0) is 19.5 Å². The number of hydrogen-bond donors (Lipinski definition) is 3. The summed E-state index contributed by atoms with van der Waals surface area (Å²) in [5, 5.41) is 11.7. The Morgan fingerprint density at radius 2 is 2.05 bits per heavy atom. The lowest BCUT2D eigenvalue weighted by atomic mass is 10.1. The minimum atomic E-state index is -0.865. The van der Waals surface area contributed by atoms with Gasteiger partial charge in [0.1, 0.15) is 0 Å². The van der Waals surface area contributed by atoms with Gasteiger partial charge in [0.2, 0.25) is 0 Å². The highest BCUT2D eigenvalue weighted by molar-refractivity contribution is 5.68. The summed E-state index contributed by atoms with van der Waals surface area (Å²) in [5.74, 6) is -0.411. The summed E-state index contributed by atoms with van der Waals surface area (Å²) in [6, 6.07) is 0.450. The molecule has 1 saturated heterocycles. The highest BCUT2D eigenvalue weighted by Gasteiger charge is 2.20. The van der Waals surface area contributed by atoms with Crippen LogP contribution in [-0.4, -0.2) is 66.7 Å². The molecule has 0 spiro atoms.